The molecule has 0 radical (unpaired) electrons. The smallest absolute Gasteiger partial charge is 0.252 e. The van der Waals surface area contributed by atoms with Gasteiger partial charge in [-0.05, 0) is 24.4 Å². The highest BCUT2D eigenvalue weighted by Gasteiger charge is 2.15. The van der Waals surface area contributed by atoms with E-state index in [2.05, 4.69) is 10.3 Å². The highest BCUT2D eigenvalue weighted by molar-refractivity contribution is 7.08. The van der Waals surface area contributed by atoms with Gasteiger partial charge >= 0.3 is 0 Å². The first-order valence-electron chi connectivity index (χ1n) is 5.53. The maximum Gasteiger partial charge on any atom is 0.252 e. The van der Waals surface area contributed by atoms with Crippen molar-refractivity contribution in [2.75, 3.05) is 7.11 Å². The van der Waals surface area contributed by atoms with Gasteiger partial charge in [0.1, 0.15) is 5.75 Å². The number of thiophene rings is 1. The van der Waals surface area contributed by atoms with E-state index in [4.69, 9.17) is 4.74 Å². The molecule has 2 heterocycles. The number of hydrogen-bond donors (Lipinski definition) is 1. The van der Waals surface area contributed by atoms with E-state index in [9.17, 15) is 4.79 Å². The number of methoxy groups -OCH3 is 1. The number of carbonyl (C=O) groups is 1. The summed E-state index contributed by atoms with van der Waals surface area (Å²) in [4.78, 5) is 15.9. The van der Waals surface area contributed by atoms with Crippen molar-refractivity contribution in [3.63, 3.8) is 0 Å². The molecule has 0 fully saturated rings. The highest BCUT2D eigenvalue weighted by Crippen LogP contribution is 2.23. The molecule has 0 aliphatic rings. The van der Waals surface area contributed by atoms with Crippen LogP contribution in [0, 0.1) is 0 Å². The average molecular weight is 262 g/mol. The number of hydrogen-bond acceptors (Lipinski definition) is 4. The van der Waals surface area contributed by atoms with Crippen molar-refractivity contribution < 1.29 is 9.53 Å². The molecule has 18 heavy (non-hydrogen) atoms. The van der Waals surface area contributed by atoms with Crippen molar-refractivity contribution in [2.45, 2.75) is 13.0 Å². The van der Waals surface area contributed by atoms with Gasteiger partial charge in [0, 0.05) is 17.1 Å². The normalized spacial score (nSPS) is 11.9. The van der Waals surface area contributed by atoms with Crippen molar-refractivity contribution in [1.29, 1.82) is 0 Å². The van der Waals surface area contributed by atoms with Crippen LogP contribution < -0.4 is 10.1 Å². The minimum absolute atomic E-state index is 0.0809. The molecule has 2 rings (SSSR count). The molecule has 4 nitrogen and oxygen atoms in total. The molecule has 0 unspecified atom stereocenters. The van der Waals surface area contributed by atoms with Crippen LogP contribution in [0.5, 0.6) is 5.75 Å². The summed E-state index contributed by atoms with van der Waals surface area (Å²) in [6, 6.07) is 3.52. The lowest BCUT2D eigenvalue weighted by molar-refractivity contribution is 0.0940. The number of carbonyl (C=O) groups excluding carboxylic acids is 1. The Morgan fingerprint density at radius 3 is 3.00 bits per heavy atom. The summed E-state index contributed by atoms with van der Waals surface area (Å²) in [6.07, 6.45) is 3.33. The van der Waals surface area contributed by atoms with Gasteiger partial charge in [-0.25, -0.2) is 0 Å². The van der Waals surface area contributed by atoms with E-state index >= 15 is 0 Å². The molecular formula is C13H14N2O2S. The molecule has 1 N–H and O–H groups in total. The summed E-state index contributed by atoms with van der Waals surface area (Å²) >= 11 is 1.50. The van der Waals surface area contributed by atoms with Crippen molar-refractivity contribution >= 4 is 17.2 Å². The zero-order valence-electron chi connectivity index (χ0n) is 10.2. The second-order valence-corrected chi connectivity index (χ2v) is 4.60. The van der Waals surface area contributed by atoms with Crippen molar-refractivity contribution in [1.82, 2.24) is 10.3 Å². The van der Waals surface area contributed by atoms with Crippen molar-refractivity contribution in [2.24, 2.45) is 0 Å². The number of nitrogens with one attached hydrogen (secondary N) is 1. The Bertz CT molecular complexity index is 526. The number of ether oxygens (including phenoxy) is 1. The molecule has 0 aromatic carbocycles. The van der Waals surface area contributed by atoms with Gasteiger partial charge < -0.3 is 10.1 Å². The van der Waals surface area contributed by atoms with Crippen LogP contribution >= 0.6 is 11.3 Å². The Balaban J connectivity index is 2.12. The molecule has 1 amide bonds. The number of pyridine rings is 1. The van der Waals surface area contributed by atoms with Gasteiger partial charge in [0.25, 0.3) is 5.91 Å². The van der Waals surface area contributed by atoms with Gasteiger partial charge in [-0.2, -0.15) is 11.3 Å². The van der Waals surface area contributed by atoms with Crippen LogP contribution in [0.15, 0.2) is 35.3 Å². The molecule has 0 saturated carbocycles. The lowest BCUT2D eigenvalue weighted by Crippen LogP contribution is -2.26. The zero-order chi connectivity index (χ0) is 13.0. The van der Waals surface area contributed by atoms with Crippen LogP contribution in [0.3, 0.4) is 0 Å². The van der Waals surface area contributed by atoms with Gasteiger partial charge in [-0.3, -0.25) is 9.78 Å². The second kappa shape index (κ2) is 5.64. The van der Waals surface area contributed by atoms with Crippen LogP contribution in [-0.2, 0) is 0 Å². The van der Waals surface area contributed by atoms with Crippen LogP contribution in [-0.4, -0.2) is 18.0 Å². The largest absolute Gasteiger partial charge is 0.495 e. The highest BCUT2D eigenvalue weighted by atomic mass is 32.1. The number of amides is 1. The summed E-state index contributed by atoms with van der Waals surface area (Å²) in [5, 5.41) is 6.64. The Morgan fingerprint density at radius 2 is 2.33 bits per heavy atom. The van der Waals surface area contributed by atoms with Crippen molar-refractivity contribution in [3.05, 3.63) is 46.4 Å². The van der Waals surface area contributed by atoms with E-state index in [-0.39, 0.29) is 11.9 Å². The quantitative estimate of drug-likeness (QED) is 0.921. The van der Waals surface area contributed by atoms with E-state index in [1.807, 2.05) is 23.8 Å². The molecule has 94 valence electrons. The number of rotatable bonds is 4. The maximum absolute atomic E-state index is 11.9. The topological polar surface area (TPSA) is 51.2 Å². The van der Waals surface area contributed by atoms with E-state index in [1.54, 1.807) is 25.6 Å². The first-order valence-corrected chi connectivity index (χ1v) is 6.47. The number of aromatic nitrogens is 1. The van der Waals surface area contributed by atoms with E-state index in [1.165, 1.54) is 11.3 Å². The van der Waals surface area contributed by atoms with Gasteiger partial charge in [-0.15, -0.1) is 0 Å². The van der Waals surface area contributed by atoms with E-state index in [0.29, 0.717) is 11.3 Å². The molecule has 1 atom stereocenters. The minimum atomic E-state index is -0.129. The molecule has 0 aliphatic carbocycles. The average Bonchev–Trinajstić information content (AvgIpc) is 2.92. The molecule has 0 bridgehead atoms. The maximum atomic E-state index is 11.9. The fourth-order valence-electron chi connectivity index (χ4n) is 1.67. The molecular weight excluding hydrogens is 248 g/mol. The third-order valence-corrected chi connectivity index (χ3v) is 3.32. The predicted molar refractivity (Wildman–Crippen MR) is 71.0 cm³/mol. The molecule has 2 aromatic rings. The van der Waals surface area contributed by atoms with E-state index < -0.39 is 0 Å². The summed E-state index contributed by atoms with van der Waals surface area (Å²) in [5.74, 6) is 0.596. The zero-order valence-corrected chi connectivity index (χ0v) is 11.0. The van der Waals surface area contributed by atoms with Crippen LogP contribution in [0.4, 0.5) is 0 Å². The molecule has 0 saturated heterocycles. The standard InChI is InChI=1S/C13H14N2O2S/c1-9(11-3-5-14-7-12(11)17-2)15-13(16)10-4-6-18-8-10/h3-9H,1-2H3,(H,15,16)/t9-/m0/s1. The Kier molecular flexibility index (Phi) is 3.94. The first kappa shape index (κ1) is 12.6. The van der Waals surface area contributed by atoms with Crippen LogP contribution in [0.2, 0.25) is 0 Å². The van der Waals surface area contributed by atoms with Crippen LogP contribution in [0.1, 0.15) is 28.9 Å². The fraction of sp³-hybridized carbons (Fsp3) is 0.231. The summed E-state index contributed by atoms with van der Waals surface area (Å²) in [7, 11) is 1.59. The monoisotopic (exact) mass is 262 g/mol. The Morgan fingerprint density at radius 1 is 1.50 bits per heavy atom. The summed E-state index contributed by atoms with van der Waals surface area (Å²) in [5.41, 5.74) is 1.59. The minimum Gasteiger partial charge on any atom is -0.495 e. The SMILES string of the molecule is COc1cnccc1[C@H](C)NC(=O)c1ccsc1. The van der Waals surface area contributed by atoms with Crippen molar-refractivity contribution in [3.8, 4) is 5.75 Å². The van der Waals surface area contributed by atoms with Gasteiger partial charge in [0.2, 0.25) is 0 Å². The Hall–Kier alpha value is -1.88. The fourth-order valence-corrected chi connectivity index (χ4v) is 2.31. The van der Waals surface area contributed by atoms with Gasteiger partial charge in [0.05, 0.1) is 24.9 Å². The molecule has 5 heteroatoms. The third-order valence-electron chi connectivity index (χ3n) is 2.63. The molecule has 0 aliphatic heterocycles. The second-order valence-electron chi connectivity index (χ2n) is 3.82. The van der Waals surface area contributed by atoms with Gasteiger partial charge in [-0.1, -0.05) is 0 Å². The van der Waals surface area contributed by atoms with Gasteiger partial charge in [0.15, 0.2) is 0 Å². The van der Waals surface area contributed by atoms with E-state index in [0.717, 1.165) is 5.56 Å². The first-order chi connectivity index (χ1) is 8.72. The Labute approximate surface area is 110 Å². The predicted octanol–water partition coefficient (Wildman–Crippen LogP) is 2.64. The lowest BCUT2D eigenvalue weighted by Gasteiger charge is -2.16. The molecule has 2 aromatic heterocycles. The third kappa shape index (κ3) is 2.68. The summed E-state index contributed by atoms with van der Waals surface area (Å²) in [6.45, 7) is 1.92. The lowest BCUT2D eigenvalue weighted by atomic mass is 10.1. The summed E-state index contributed by atoms with van der Waals surface area (Å²) < 4.78 is 5.23. The molecule has 0 spiro atoms. The van der Waals surface area contributed by atoms with Crippen LogP contribution in [0.25, 0.3) is 0 Å². The number of nitrogens with zero attached hydrogens (tertiary/aromatic N) is 1.